The van der Waals surface area contributed by atoms with Crippen LogP contribution in [0, 0.1) is 0 Å². The number of aliphatic hydroxyl groups is 1. The average Bonchev–Trinajstić information content (AvgIpc) is 3.14. The molecule has 0 bridgehead atoms. The van der Waals surface area contributed by atoms with E-state index in [0.29, 0.717) is 6.42 Å². The zero-order valence-corrected chi connectivity index (χ0v) is 12.2. The molecule has 0 fully saturated rings. The van der Waals surface area contributed by atoms with Crippen LogP contribution in [0.5, 0.6) is 0 Å². The number of hydrogen-bond donors (Lipinski definition) is 2. The molecule has 1 unspecified atom stereocenters. The Labute approximate surface area is 125 Å². The molecule has 1 heterocycles. The molecule has 2 nitrogen and oxygen atoms in total. The van der Waals surface area contributed by atoms with Gasteiger partial charge in [-0.15, -0.1) is 0 Å². The first-order chi connectivity index (χ1) is 10.3. The fourth-order valence-electron chi connectivity index (χ4n) is 3.73. The van der Waals surface area contributed by atoms with Gasteiger partial charge in [-0.25, -0.2) is 0 Å². The van der Waals surface area contributed by atoms with Gasteiger partial charge in [0.05, 0.1) is 6.10 Å². The Balaban J connectivity index is 1.59. The smallest absolute Gasteiger partial charge is 0.0850 e. The first-order valence-electron chi connectivity index (χ1n) is 7.95. The molecule has 21 heavy (non-hydrogen) atoms. The molecule has 2 heteroatoms. The van der Waals surface area contributed by atoms with E-state index < -0.39 is 6.10 Å². The number of benzene rings is 2. The summed E-state index contributed by atoms with van der Waals surface area (Å²) in [6.07, 6.45) is 5.03. The molecule has 1 atom stereocenters. The second-order valence-electron chi connectivity index (χ2n) is 6.23. The molecule has 0 saturated heterocycles. The van der Waals surface area contributed by atoms with Crippen molar-refractivity contribution in [3.8, 4) is 0 Å². The third-order valence-corrected chi connectivity index (χ3v) is 4.83. The molecular formula is C19H21NO. The van der Waals surface area contributed by atoms with Crippen molar-refractivity contribution in [1.82, 2.24) is 0 Å². The molecule has 0 saturated carbocycles. The van der Waals surface area contributed by atoms with Gasteiger partial charge in [0, 0.05) is 24.2 Å². The third kappa shape index (κ3) is 2.34. The first kappa shape index (κ1) is 12.9. The highest BCUT2D eigenvalue weighted by Crippen LogP contribution is 2.33. The normalized spacial score (nSPS) is 17.2. The van der Waals surface area contributed by atoms with Gasteiger partial charge in [0.25, 0.3) is 0 Å². The van der Waals surface area contributed by atoms with Crippen LogP contribution in [0.4, 0.5) is 5.69 Å². The van der Waals surface area contributed by atoms with Crippen LogP contribution in [0.3, 0.4) is 0 Å². The number of para-hydroxylation sites is 1. The molecule has 2 aromatic rings. The number of aliphatic hydroxyl groups excluding tert-OH is 1. The van der Waals surface area contributed by atoms with Gasteiger partial charge in [-0.3, -0.25) is 0 Å². The molecule has 0 aromatic heterocycles. The number of aryl methyl sites for hydroxylation is 2. The van der Waals surface area contributed by atoms with E-state index in [1.165, 1.54) is 41.5 Å². The zero-order valence-electron chi connectivity index (χ0n) is 12.2. The van der Waals surface area contributed by atoms with Crippen LogP contribution in [0.25, 0.3) is 0 Å². The maximum atomic E-state index is 10.6. The molecular weight excluding hydrogens is 258 g/mol. The standard InChI is InChI=1S/C19H21NO/c21-18(17-6-2-4-15-9-10-20-19(15)17)12-13-7-8-14-3-1-5-16(14)11-13/h2,4,6-8,11,18,20-21H,1,3,5,9-10,12H2. The van der Waals surface area contributed by atoms with Gasteiger partial charge in [-0.1, -0.05) is 36.4 Å². The highest BCUT2D eigenvalue weighted by atomic mass is 16.3. The van der Waals surface area contributed by atoms with Crippen molar-refractivity contribution >= 4 is 5.69 Å². The van der Waals surface area contributed by atoms with E-state index in [1.807, 2.05) is 0 Å². The molecule has 0 spiro atoms. The average molecular weight is 279 g/mol. The zero-order chi connectivity index (χ0) is 14.2. The number of nitrogens with one attached hydrogen (secondary N) is 1. The van der Waals surface area contributed by atoms with Crippen LogP contribution >= 0.6 is 0 Å². The second-order valence-corrected chi connectivity index (χ2v) is 6.23. The summed E-state index contributed by atoms with van der Waals surface area (Å²) in [7, 11) is 0. The van der Waals surface area contributed by atoms with Crippen molar-refractivity contribution in [2.24, 2.45) is 0 Å². The van der Waals surface area contributed by atoms with Crippen molar-refractivity contribution in [2.75, 3.05) is 11.9 Å². The lowest BCUT2D eigenvalue weighted by Crippen LogP contribution is -2.05. The molecule has 4 rings (SSSR count). The summed E-state index contributed by atoms with van der Waals surface area (Å²) in [5.41, 5.74) is 7.77. The quantitative estimate of drug-likeness (QED) is 0.902. The molecule has 0 radical (unpaired) electrons. The second kappa shape index (κ2) is 5.19. The van der Waals surface area contributed by atoms with E-state index in [9.17, 15) is 5.11 Å². The Hall–Kier alpha value is -1.80. The van der Waals surface area contributed by atoms with Crippen molar-refractivity contribution in [2.45, 2.75) is 38.2 Å². The summed E-state index contributed by atoms with van der Waals surface area (Å²) >= 11 is 0. The topological polar surface area (TPSA) is 32.3 Å². The van der Waals surface area contributed by atoms with E-state index in [-0.39, 0.29) is 0 Å². The van der Waals surface area contributed by atoms with Crippen LogP contribution < -0.4 is 5.32 Å². The van der Waals surface area contributed by atoms with Crippen molar-refractivity contribution in [1.29, 1.82) is 0 Å². The molecule has 2 N–H and O–H groups in total. The van der Waals surface area contributed by atoms with E-state index in [2.05, 4.69) is 41.7 Å². The highest BCUT2D eigenvalue weighted by molar-refractivity contribution is 5.62. The van der Waals surface area contributed by atoms with Crippen molar-refractivity contribution in [3.05, 3.63) is 64.2 Å². The summed E-state index contributed by atoms with van der Waals surface area (Å²) in [5, 5.41) is 14.1. The van der Waals surface area contributed by atoms with E-state index >= 15 is 0 Å². The van der Waals surface area contributed by atoms with Crippen LogP contribution in [0.1, 0.15) is 40.3 Å². The summed E-state index contributed by atoms with van der Waals surface area (Å²) in [6.45, 7) is 0.984. The van der Waals surface area contributed by atoms with Crippen molar-refractivity contribution < 1.29 is 5.11 Å². The van der Waals surface area contributed by atoms with Crippen LogP contribution in [0.15, 0.2) is 36.4 Å². The molecule has 108 valence electrons. The van der Waals surface area contributed by atoms with Gasteiger partial charge in [-0.2, -0.15) is 0 Å². The Morgan fingerprint density at radius 1 is 1.00 bits per heavy atom. The third-order valence-electron chi connectivity index (χ3n) is 4.83. The lowest BCUT2D eigenvalue weighted by molar-refractivity contribution is 0.179. The Bertz CT molecular complexity index is 677. The van der Waals surface area contributed by atoms with Gasteiger partial charge >= 0.3 is 0 Å². The Kier molecular flexibility index (Phi) is 3.19. The predicted molar refractivity (Wildman–Crippen MR) is 85.8 cm³/mol. The Morgan fingerprint density at radius 3 is 2.86 bits per heavy atom. The molecule has 1 aliphatic carbocycles. The molecule has 1 aliphatic heterocycles. The van der Waals surface area contributed by atoms with Gasteiger partial charge in [0.1, 0.15) is 0 Å². The van der Waals surface area contributed by atoms with E-state index in [1.54, 1.807) is 0 Å². The maximum absolute atomic E-state index is 10.6. The van der Waals surface area contributed by atoms with E-state index in [4.69, 9.17) is 0 Å². The maximum Gasteiger partial charge on any atom is 0.0850 e. The minimum absolute atomic E-state index is 0.426. The largest absolute Gasteiger partial charge is 0.388 e. The first-order valence-corrected chi connectivity index (χ1v) is 7.95. The minimum Gasteiger partial charge on any atom is -0.388 e. The lowest BCUT2D eigenvalue weighted by Gasteiger charge is -2.16. The molecule has 2 aliphatic rings. The monoisotopic (exact) mass is 279 g/mol. The number of fused-ring (bicyclic) bond motifs is 2. The minimum atomic E-state index is -0.426. The fourth-order valence-corrected chi connectivity index (χ4v) is 3.73. The highest BCUT2D eigenvalue weighted by Gasteiger charge is 2.19. The van der Waals surface area contributed by atoms with Gasteiger partial charge < -0.3 is 10.4 Å². The van der Waals surface area contributed by atoms with Gasteiger partial charge in [-0.05, 0) is 47.9 Å². The summed E-state index contributed by atoms with van der Waals surface area (Å²) in [4.78, 5) is 0. The number of rotatable bonds is 3. The fraction of sp³-hybridized carbons (Fsp3) is 0.368. The predicted octanol–water partition coefficient (Wildman–Crippen LogP) is 3.42. The van der Waals surface area contributed by atoms with Gasteiger partial charge in [0.2, 0.25) is 0 Å². The summed E-state index contributed by atoms with van der Waals surface area (Å²) in [5.74, 6) is 0. The van der Waals surface area contributed by atoms with Crippen LogP contribution in [-0.2, 0) is 25.7 Å². The van der Waals surface area contributed by atoms with E-state index in [0.717, 1.165) is 24.2 Å². The van der Waals surface area contributed by atoms with Crippen LogP contribution in [-0.4, -0.2) is 11.7 Å². The number of anilines is 1. The number of hydrogen-bond acceptors (Lipinski definition) is 2. The summed E-state index contributed by atoms with van der Waals surface area (Å²) in [6, 6.07) is 13.0. The van der Waals surface area contributed by atoms with Crippen molar-refractivity contribution in [3.63, 3.8) is 0 Å². The van der Waals surface area contributed by atoms with Crippen LogP contribution in [0.2, 0.25) is 0 Å². The Morgan fingerprint density at radius 2 is 1.90 bits per heavy atom. The van der Waals surface area contributed by atoms with Gasteiger partial charge in [0.15, 0.2) is 0 Å². The lowest BCUT2D eigenvalue weighted by atomic mass is 9.96. The molecule has 2 aromatic carbocycles. The molecule has 0 amide bonds. The SMILES string of the molecule is OC(Cc1ccc2c(c1)CCC2)c1cccc2c1NCC2. The summed E-state index contributed by atoms with van der Waals surface area (Å²) < 4.78 is 0.